The van der Waals surface area contributed by atoms with E-state index in [1.807, 2.05) is 49.9 Å². The number of nitrogens with one attached hydrogen (secondary N) is 4. The lowest BCUT2D eigenvalue weighted by Gasteiger charge is -2.40. The van der Waals surface area contributed by atoms with E-state index in [9.17, 15) is 19.2 Å². The Kier molecular flexibility index (Phi) is 10.6. The largest absolute Gasteiger partial charge is 0.453 e. The van der Waals surface area contributed by atoms with Gasteiger partial charge in [-0.1, -0.05) is 52.0 Å². The summed E-state index contributed by atoms with van der Waals surface area (Å²) in [5, 5.41) is 5.59. The minimum absolute atomic E-state index is 0.0810. The molecule has 6 aliphatic rings. The third-order valence-electron chi connectivity index (χ3n) is 15.9. The van der Waals surface area contributed by atoms with Gasteiger partial charge in [0.1, 0.15) is 34.8 Å². The Bertz CT molecular complexity index is 2350. The molecule has 4 amide bonds. The van der Waals surface area contributed by atoms with Gasteiger partial charge in [0.05, 0.1) is 38.0 Å². The maximum Gasteiger partial charge on any atom is 0.407 e. The molecule has 2 aliphatic heterocycles. The number of imidazole rings is 2. The summed E-state index contributed by atoms with van der Waals surface area (Å²) in [6.07, 6.45) is 14.4. The maximum absolute atomic E-state index is 14.2. The molecule has 0 spiro atoms. The first-order valence-corrected chi connectivity index (χ1v) is 23.6. The van der Waals surface area contributed by atoms with Crippen LogP contribution in [-0.2, 0) is 55.8 Å². The van der Waals surface area contributed by atoms with Gasteiger partial charge in [-0.05, 0) is 134 Å². The number of hydrogen-bond acceptors (Lipinski definition) is 8. The van der Waals surface area contributed by atoms with Gasteiger partial charge >= 0.3 is 12.2 Å². The van der Waals surface area contributed by atoms with Crippen LogP contribution in [-0.4, -0.2) is 93.1 Å². The molecule has 4 fully saturated rings. The summed E-state index contributed by atoms with van der Waals surface area (Å²) in [6.45, 7) is 9.11. The molecule has 2 aromatic heterocycles. The summed E-state index contributed by atoms with van der Waals surface area (Å²) in [7, 11) is 2.64. The Morgan fingerprint density at radius 3 is 1.36 bits per heavy atom. The number of methoxy groups -OCH3 is 2. The Balaban J connectivity index is 0.932. The lowest BCUT2D eigenvalue weighted by atomic mass is 9.87. The first-order valence-electron chi connectivity index (χ1n) is 23.6. The maximum atomic E-state index is 14.2. The number of carbonyl (C=O) groups is 4. The number of alkyl carbamates (subject to hydrolysis) is 2. The van der Waals surface area contributed by atoms with Gasteiger partial charge in [-0.3, -0.25) is 9.59 Å². The highest BCUT2D eigenvalue weighted by atomic mass is 16.5. The van der Waals surface area contributed by atoms with Crippen molar-refractivity contribution >= 4 is 24.0 Å². The molecular weight excluding hydrogens is 809 g/mol. The fourth-order valence-electron chi connectivity index (χ4n) is 12.7. The summed E-state index contributed by atoms with van der Waals surface area (Å²) in [5.41, 5.74) is 11.4. The van der Waals surface area contributed by atoms with Crippen LogP contribution < -0.4 is 10.6 Å². The molecule has 0 radical (unpaired) electrons. The van der Waals surface area contributed by atoms with E-state index in [1.165, 1.54) is 58.7 Å². The molecule has 4 bridgehead atoms. The Labute approximate surface area is 375 Å². The van der Waals surface area contributed by atoms with E-state index in [1.54, 1.807) is 0 Å². The van der Waals surface area contributed by atoms with E-state index in [4.69, 9.17) is 19.4 Å². The van der Waals surface area contributed by atoms with Crippen LogP contribution in [0.4, 0.5) is 9.59 Å². The number of nitrogens with zero attached hydrogens (tertiary/aromatic N) is 4. The lowest BCUT2D eigenvalue weighted by Crippen LogP contribution is -2.56. The number of H-pyrrole nitrogens is 2. The van der Waals surface area contributed by atoms with Crippen LogP contribution >= 0.6 is 0 Å². The van der Waals surface area contributed by atoms with Gasteiger partial charge in [-0.2, -0.15) is 0 Å². The van der Waals surface area contributed by atoms with Crippen molar-refractivity contribution in [2.24, 2.45) is 23.7 Å². The van der Waals surface area contributed by atoms with Crippen LogP contribution in [0.1, 0.15) is 113 Å². The van der Waals surface area contributed by atoms with Gasteiger partial charge in [0, 0.05) is 24.2 Å². The lowest BCUT2D eigenvalue weighted by molar-refractivity contribution is -0.141. The zero-order valence-corrected chi connectivity index (χ0v) is 38.1. The number of likely N-dealkylation sites (tertiary alicyclic amines) is 2. The second-order valence-electron chi connectivity index (χ2n) is 20.1. The first kappa shape index (κ1) is 42.3. The van der Waals surface area contributed by atoms with Crippen LogP contribution in [0.3, 0.4) is 0 Å². The fourth-order valence-corrected chi connectivity index (χ4v) is 12.7. The smallest absolute Gasteiger partial charge is 0.407 e. The quantitative estimate of drug-likeness (QED) is 0.120. The van der Waals surface area contributed by atoms with E-state index in [2.05, 4.69) is 44.9 Å². The number of amides is 4. The molecule has 4 N–H and O–H groups in total. The minimum atomic E-state index is -0.682. The number of benzene rings is 2. The molecule has 2 aromatic carbocycles. The van der Waals surface area contributed by atoms with E-state index in [0.29, 0.717) is 24.9 Å². The molecule has 14 nitrogen and oxygen atoms in total. The van der Waals surface area contributed by atoms with Gasteiger partial charge in [0.25, 0.3) is 0 Å². The average molecular weight is 871 g/mol. The molecule has 64 heavy (non-hydrogen) atoms. The standard InChI is InChI=1S/C50H62N8O6/c1-27(2)41(55-47(61)63-5)43(59)57-25-29-17-19-49(57,21-29)45-51-23-39(53-45)37-15-13-35(31-9-7-11-33(31)37)36-14-16-38(34-12-8-10-32(34)36)40-24-52-46(54-40)50-20-18-30(22-50)26-58(50)44(60)42(28(3)4)56-48(62)64-6/h13-16,23-24,27-30,41-42H,7-12,17-22,25-26H2,1-6H3,(H,51,53)(H,52,54)(H,55,61)(H,56,62)/t29-,30-,41-,42-,49+,50?/m0/s1. The molecule has 1 unspecified atom stereocenters. The van der Waals surface area contributed by atoms with Crippen molar-refractivity contribution in [1.82, 2.24) is 40.4 Å². The van der Waals surface area contributed by atoms with E-state index in [-0.39, 0.29) is 23.7 Å². The molecule has 2 saturated heterocycles. The van der Waals surface area contributed by atoms with Crippen molar-refractivity contribution in [3.63, 3.8) is 0 Å². The Morgan fingerprint density at radius 2 is 1.00 bits per heavy atom. The monoisotopic (exact) mass is 870 g/mol. The minimum Gasteiger partial charge on any atom is -0.453 e. The number of hydrogen-bond donors (Lipinski definition) is 4. The summed E-state index contributed by atoms with van der Waals surface area (Å²) in [5.74, 6) is 2.10. The summed E-state index contributed by atoms with van der Waals surface area (Å²) in [4.78, 5) is 74.3. The number of aromatic amines is 2. The van der Waals surface area contributed by atoms with Crippen molar-refractivity contribution in [2.45, 2.75) is 128 Å². The molecule has 6 atom stereocenters. The highest BCUT2D eigenvalue weighted by molar-refractivity contribution is 5.88. The highest BCUT2D eigenvalue weighted by Crippen LogP contribution is 2.54. The number of piperidine rings is 2. The number of carbonyl (C=O) groups excluding carboxylic acids is 4. The van der Waals surface area contributed by atoms with E-state index in [0.717, 1.165) is 100 Å². The van der Waals surface area contributed by atoms with Crippen molar-refractivity contribution in [3.05, 3.63) is 70.6 Å². The predicted molar refractivity (Wildman–Crippen MR) is 241 cm³/mol. The van der Waals surface area contributed by atoms with Crippen molar-refractivity contribution < 1.29 is 28.7 Å². The third kappa shape index (κ3) is 6.71. The molecule has 4 heterocycles. The summed E-state index contributed by atoms with van der Waals surface area (Å²) >= 11 is 0. The molecular formula is C50H62N8O6. The molecule has 2 saturated carbocycles. The van der Waals surface area contributed by atoms with Gasteiger partial charge in [0.2, 0.25) is 11.8 Å². The van der Waals surface area contributed by atoms with Gasteiger partial charge < -0.3 is 39.9 Å². The molecule has 4 aromatic rings. The zero-order valence-electron chi connectivity index (χ0n) is 38.1. The van der Waals surface area contributed by atoms with Gasteiger partial charge in [-0.15, -0.1) is 0 Å². The van der Waals surface area contributed by atoms with Crippen LogP contribution in [0.5, 0.6) is 0 Å². The number of aromatic nitrogens is 4. The molecule has 14 heteroatoms. The van der Waals surface area contributed by atoms with Crippen molar-refractivity contribution in [2.75, 3.05) is 27.3 Å². The fraction of sp³-hybridized carbons (Fsp3) is 0.560. The van der Waals surface area contributed by atoms with Crippen LogP contribution in [0, 0.1) is 23.7 Å². The van der Waals surface area contributed by atoms with Crippen LogP contribution in [0.15, 0.2) is 36.7 Å². The zero-order chi connectivity index (χ0) is 44.7. The average Bonchev–Trinajstić information content (AvgIpc) is 4.15. The van der Waals surface area contributed by atoms with Crippen molar-refractivity contribution in [3.8, 4) is 33.6 Å². The normalized spacial score (nSPS) is 24.9. The molecule has 4 aliphatic carbocycles. The van der Waals surface area contributed by atoms with E-state index >= 15 is 0 Å². The number of ether oxygens (including phenoxy) is 2. The second-order valence-corrected chi connectivity index (χ2v) is 20.1. The van der Waals surface area contributed by atoms with E-state index < -0.39 is 35.3 Å². The first-order chi connectivity index (χ1) is 30.8. The number of rotatable bonds is 11. The predicted octanol–water partition coefficient (Wildman–Crippen LogP) is 7.55. The Hall–Kier alpha value is -5.66. The van der Waals surface area contributed by atoms with Gasteiger partial charge in [-0.25, -0.2) is 19.6 Å². The highest BCUT2D eigenvalue weighted by Gasteiger charge is 2.58. The van der Waals surface area contributed by atoms with Crippen LogP contribution in [0.25, 0.3) is 33.6 Å². The molecule has 10 rings (SSSR count). The summed E-state index contributed by atoms with van der Waals surface area (Å²) in [6, 6.07) is 7.79. The number of fused-ring (bicyclic) bond motifs is 6. The second kappa shape index (κ2) is 16.1. The van der Waals surface area contributed by atoms with Crippen LogP contribution in [0.2, 0.25) is 0 Å². The SMILES string of the molecule is COC(=O)N[C@H](C(=O)N1C[C@H]2CCC1(c1ncc(-c3ccc(-c4ccc(-c5cnc([C@]67CC[C@H](CN6C(=O)[C@@H](NC(=O)OC)C(C)C)C7)[nH]5)c5c4CCC5)c4c3CCC4)[nH]1)C2)C(C)C. The summed E-state index contributed by atoms with van der Waals surface area (Å²) < 4.78 is 9.75. The topological polar surface area (TPSA) is 175 Å². The van der Waals surface area contributed by atoms with Gasteiger partial charge in [0.15, 0.2) is 0 Å². The van der Waals surface area contributed by atoms with Crippen molar-refractivity contribution in [1.29, 1.82) is 0 Å². The molecule has 338 valence electrons. The third-order valence-corrected chi connectivity index (χ3v) is 15.9. The Morgan fingerprint density at radius 1 is 0.625 bits per heavy atom.